The zero-order valence-corrected chi connectivity index (χ0v) is 12.2. The molecule has 0 saturated heterocycles. The molecule has 0 aliphatic carbocycles. The molecule has 2 aromatic rings. The molecule has 0 unspecified atom stereocenters. The van der Waals surface area contributed by atoms with Gasteiger partial charge >= 0.3 is 6.36 Å². The number of hydrogen-bond donors (Lipinski definition) is 0. The van der Waals surface area contributed by atoms with Gasteiger partial charge in [0, 0.05) is 5.56 Å². The lowest BCUT2D eigenvalue weighted by Crippen LogP contribution is -2.17. The monoisotopic (exact) mass is 372 g/mol. The van der Waals surface area contributed by atoms with Crippen molar-refractivity contribution in [2.24, 2.45) is 0 Å². The van der Waals surface area contributed by atoms with Crippen molar-refractivity contribution >= 4 is 39.1 Å². The van der Waals surface area contributed by atoms with Crippen molar-refractivity contribution < 1.29 is 17.9 Å². The summed E-state index contributed by atoms with van der Waals surface area (Å²) >= 11 is 10.2. The van der Waals surface area contributed by atoms with Crippen molar-refractivity contribution in [1.29, 1.82) is 0 Å². The minimum absolute atomic E-state index is 0.148. The minimum Gasteiger partial charge on any atom is -0.404 e. The van der Waals surface area contributed by atoms with Crippen molar-refractivity contribution in [3.63, 3.8) is 0 Å². The zero-order chi connectivity index (χ0) is 14.0. The van der Waals surface area contributed by atoms with Crippen molar-refractivity contribution in [2.45, 2.75) is 11.7 Å². The van der Waals surface area contributed by atoms with Crippen LogP contribution >= 0.6 is 39.1 Å². The molecular weight excluding hydrogens is 369 g/mol. The molecule has 1 aromatic carbocycles. The average Bonchev–Trinajstić information content (AvgIpc) is 2.79. The molecule has 0 fully saturated rings. The summed E-state index contributed by atoms with van der Waals surface area (Å²) in [5.74, 6) is -0.0335. The molecule has 0 atom stereocenters. The fourth-order valence-electron chi connectivity index (χ4n) is 1.27. The third-order valence-corrected chi connectivity index (χ3v) is 3.91. The number of nitrogens with zero attached hydrogens (tertiary/aromatic N) is 2. The van der Waals surface area contributed by atoms with Crippen LogP contribution in [0, 0.1) is 0 Å². The molecule has 2 rings (SSSR count). The highest BCUT2D eigenvalue weighted by molar-refractivity contribution is 9.08. The molecule has 0 saturated carbocycles. The van der Waals surface area contributed by atoms with E-state index in [2.05, 4.69) is 30.0 Å². The highest BCUT2D eigenvalue weighted by Crippen LogP contribution is 2.33. The zero-order valence-electron chi connectivity index (χ0n) is 9.04. The number of hydrogen-bond acceptors (Lipinski definition) is 4. The third kappa shape index (κ3) is 3.80. The van der Waals surface area contributed by atoms with Gasteiger partial charge in [-0.05, 0) is 29.7 Å². The number of rotatable bonds is 3. The van der Waals surface area contributed by atoms with Crippen LogP contribution in [0.25, 0.3) is 11.4 Å². The maximum atomic E-state index is 12.1. The first-order chi connectivity index (χ1) is 8.89. The number of ether oxygens (including phenoxy) is 1. The van der Waals surface area contributed by atoms with Crippen molar-refractivity contribution in [2.75, 3.05) is 0 Å². The first-order valence-electron chi connectivity index (χ1n) is 4.83. The number of benzene rings is 1. The molecule has 102 valence electrons. The molecule has 19 heavy (non-hydrogen) atoms. The van der Waals surface area contributed by atoms with Gasteiger partial charge < -0.3 is 4.74 Å². The fraction of sp³-hybridized carbons (Fsp3) is 0.200. The number of aromatic nitrogens is 2. The summed E-state index contributed by atoms with van der Waals surface area (Å²) in [6.07, 6.45) is -4.77. The fourth-order valence-corrected chi connectivity index (χ4v) is 2.44. The molecule has 1 heterocycles. The van der Waals surface area contributed by atoms with Crippen LogP contribution in [0.15, 0.2) is 18.2 Å². The summed E-state index contributed by atoms with van der Waals surface area (Å²) in [7, 11) is 0. The molecule has 0 amide bonds. The third-order valence-electron chi connectivity index (χ3n) is 2.00. The standard InChI is InChI=1S/C10H5BrClF3N2OS/c11-4-8-16-9(17-19-8)5-1-2-7(6(12)3-5)18-10(13,14)15/h1-3H,4H2. The molecule has 0 N–H and O–H groups in total. The minimum atomic E-state index is -4.77. The Labute approximate surface area is 123 Å². The Kier molecular flexibility index (Phi) is 4.32. The van der Waals surface area contributed by atoms with E-state index in [1.54, 1.807) is 0 Å². The first kappa shape index (κ1) is 14.5. The maximum absolute atomic E-state index is 12.1. The number of alkyl halides is 4. The Morgan fingerprint density at radius 1 is 1.37 bits per heavy atom. The van der Waals surface area contributed by atoms with Gasteiger partial charge in [-0.25, -0.2) is 4.98 Å². The van der Waals surface area contributed by atoms with Crippen LogP contribution < -0.4 is 4.74 Å². The normalized spacial score (nSPS) is 11.6. The Hall–Kier alpha value is -0.860. The summed E-state index contributed by atoms with van der Waals surface area (Å²) < 4.78 is 44.1. The van der Waals surface area contributed by atoms with Gasteiger partial charge in [0.1, 0.15) is 10.8 Å². The van der Waals surface area contributed by atoms with Crippen LogP contribution in [0.3, 0.4) is 0 Å². The largest absolute Gasteiger partial charge is 0.573 e. The smallest absolute Gasteiger partial charge is 0.404 e. The highest BCUT2D eigenvalue weighted by Gasteiger charge is 2.32. The van der Waals surface area contributed by atoms with Crippen LogP contribution in [0.5, 0.6) is 5.75 Å². The van der Waals surface area contributed by atoms with E-state index in [0.29, 0.717) is 16.7 Å². The lowest BCUT2D eigenvalue weighted by molar-refractivity contribution is -0.274. The molecule has 0 bridgehead atoms. The van der Waals surface area contributed by atoms with Gasteiger partial charge in [-0.3, -0.25) is 0 Å². The SMILES string of the molecule is FC(F)(F)Oc1ccc(-c2nsc(CBr)n2)cc1Cl. The molecule has 1 aromatic heterocycles. The lowest BCUT2D eigenvalue weighted by Gasteiger charge is -2.10. The van der Waals surface area contributed by atoms with Gasteiger partial charge in [-0.1, -0.05) is 27.5 Å². The van der Waals surface area contributed by atoms with Gasteiger partial charge in [0.2, 0.25) is 0 Å². The first-order valence-corrected chi connectivity index (χ1v) is 7.10. The topological polar surface area (TPSA) is 35.0 Å². The summed E-state index contributed by atoms with van der Waals surface area (Å²) in [5.41, 5.74) is 0.531. The van der Waals surface area contributed by atoms with Crippen molar-refractivity contribution in [1.82, 2.24) is 9.36 Å². The predicted molar refractivity (Wildman–Crippen MR) is 69.7 cm³/mol. The molecule has 3 nitrogen and oxygen atoms in total. The van der Waals surface area contributed by atoms with E-state index in [9.17, 15) is 13.2 Å². The second-order valence-corrected chi connectivity index (χ2v) is 5.14. The Morgan fingerprint density at radius 3 is 2.63 bits per heavy atom. The quantitative estimate of drug-likeness (QED) is 0.735. The summed E-state index contributed by atoms with van der Waals surface area (Å²) in [5, 5.41) is 1.18. The number of halogens is 5. The van der Waals surface area contributed by atoms with E-state index >= 15 is 0 Å². The van der Waals surface area contributed by atoms with Crippen molar-refractivity contribution in [3.05, 3.63) is 28.2 Å². The molecular formula is C10H5BrClF3N2OS. The molecule has 0 aliphatic rings. The van der Waals surface area contributed by atoms with E-state index in [0.717, 1.165) is 11.1 Å². The Morgan fingerprint density at radius 2 is 2.11 bits per heavy atom. The predicted octanol–water partition coefficient (Wildman–Crippen LogP) is 4.65. The van der Waals surface area contributed by atoms with Crippen molar-refractivity contribution in [3.8, 4) is 17.1 Å². The summed E-state index contributed by atoms with van der Waals surface area (Å²) in [4.78, 5) is 4.18. The van der Waals surface area contributed by atoms with E-state index in [4.69, 9.17) is 11.6 Å². The van der Waals surface area contributed by atoms with Crippen LogP contribution in [-0.4, -0.2) is 15.7 Å². The van der Waals surface area contributed by atoms with E-state index < -0.39 is 12.1 Å². The van der Waals surface area contributed by atoms with Gasteiger partial charge in [0.05, 0.1) is 10.4 Å². The Bertz CT molecular complexity index is 590. The summed E-state index contributed by atoms with van der Waals surface area (Å²) in [6, 6.07) is 3.90. The molecule has 0 radical (unpaired) electrons. The molecule has 9 heteroatoms. The van der Waals surface area contributed by atoms with E-state index in [-0.39, 0.29) is 5.02 Å². The van der Waals surface area contributed by atoms with Gasteiger partial charge in [0.15, 0.2) is 5.82 Å². The van der Waals surface area contributed by atoms with E-state index in [1.165, 1.54) is 23.7 Å². The highest BCUT2D eigenvalue weighted by atomic mass is 79.9. The van der Waals surface area contributed by atoms with Crippen LogP contribution in [-0.2, 0) is 5.33 Å². The molecule has 0 spiro atoms. The van der Waals surface area contributed by atoms with Crippen LogP contribution in [0.1, 0.15) is 5.01 Å². The summed E-state index contributed by atoms with van der Waals surface area (Å²) in [6.45, 7) is 0. The van der Waals surface area contributed by atoms with Gasteiger partial charge in [-0.2, -0.15) is 4.37 Å². The maximum Gasteiger partial charge on any atom is 0.573 e. The van der Waals surface area contributed by atoms with Crippen LogP contribution in [0.4, 0.5) is 13.2 Å². The lowest BCUT2D eigenvalue weighted by atomic mass is 10.2. The van der Waals surface area contributed by atoms with E-state index in [1.807, 2.05) is 0 Å². The van der Waals surface area contributed by atoms with Gasteiger partial charge in [0.25, 0.3) is 0 Å². The van der Waals surface area contributed by atoms with Crippen LogP contribution in [0.2, 0.25) is 5.02 Å². The second-order valence-electron chi connectivity index (χ2n) is 3.34. The van der Waals surface area contributed by atoms with Gasteiger partial charge in [-0.15, -0.1) is 13.2 Å². The second kappa shape index (κ2) is 5.64. The Balaban J connectivity index is 2.28. The molecule has 0 aliphatic heterocycles. The average molecular weight is 374 g/mol.